The lowest BCUT2D eigenvalue weighted by Crippen LogP contribution is -2.37. The van der Waals surface area contributed by atoms with Gasteiger partial charge in [-0.15, -0.1) is 5.10 Å². The zero-order chi connectivity index (χ0) is 23.8. The smallest absolute Gasteiger partial charge is 0.230 e. The molecule has 0 bridgehead atoms. The van der Waals surface area contributed by atoms with Crippen LogP contribution < -0.4 is 0 Å². The number of likely N-dealkylation sites (tertiary alicyclic amines) is 1. The highest BCUT2D eigenvalue weighted by atomic mass is 35.5. The molecule has 0 radical (unpaired) electrons. The Balaban J connectivity index is 1.31. The van der Waals surface area contributed by atoms with Crippen LogP contribution in [0.5, 0.6) is 5.88 Å². The van der Waals surface area contributed by atoms with Crippen molar-refractivity contribution < 1.29 is 9.52 Å². The van der Waals surface area contributed by atoms with Gasteiger partial charge in [-0.1, -0.05) is 71.5 Å². The second kappa shape index (κ2) is 9.49. The molecule has 1 aliphatic heterocycles. The number of aromatic hydroxyl groups is 1. The average Bonchev–Trinajstić information content (AvgIpc) is 3.61. The Morgan fingerprint density at radius 2 is 1.80 bits per heavy atom. The molecule has 0 amide bonds. The number of thiazole rings is 1. The monoisotopic (exact) mass is 504 g/mol. The van der Waals surface area contributed by atoms with E-state index in [1.54, 1.807) is 12.3 Å². The van der Waals surface area contributed by atoms with Gasteiger partial charge in [0.1, 0.15) is 0 Å². The number of halogens is 1. The molecule has 1 fully saturated rings. The van der Waals surface area contributed by atoms with Crippen LogP contribution in [-0.4, -0.2) is 37.7 Å². The first kappa shape index (κ1) is 22.3. The molecule has 1 N–H and O–H groups in total. The molecule has 4 heterocycles. The Kier molecular flexibility index (Phi) is 6.06. The minimum atomic E-state index is -0.165. The van der Waals surface area contributed by atoms with E-state index in [0.717, 1.165) is 42.8 Å². The number of piperidine rings is 1. The maximum atomic E-state index is 11.3. The van der Waals surface area contributed by atoms with Crippen LogP contribution in [0.2, 0.25) is 5.02 Å². The summed E-state index contributed by atoms with van der Waals surface area (Å²) in [6.07, 6.45) is 4.88. The van der Waals surface area contributed by atoms with Gasteiger partial charge in [-0.05, 0) is 67.6 Å². The van der Waals surface area contributed by atoms with E-state index in [4.69, 9.17) is 16.0 Å². The zero-order valence-electron chi connectivity index (χ0n) is 19.0. The van der Waals surface area contributed by atoms with Gasteiger partial charge in [0.05, 0.1) is 17.2 Å². The van der Waals surface area contributed by atoms with Gasteiger partial charge in [-0.2, -0.15) is 9.50 Å². The fourth-order valence-corrected chi connectivity index (χ4v) is 6.35. The molecular formula is C27H25ClN4O2S. The lowest BCUT2D eigenvalue weighted by molar-refractivity contribution is 0.151. The van der Waals surface area contributed by atoms with E-state index in [9.17, 15) is 5.11 Å². The van der Waals surface area contributed by atoms with E-state index in [0.29, 0.717) is 27.5 Å². The third-order valence-electron chi connectivity index (χ3n) is 6.77. The van der Waals surface area contributed by atoms with Gasteiger partial charge >= 0.3 is 0 Å². The molecule has 35 heavy (non-hydrogen) atoms. The van der Waals surface area contributed by atoms with E-state index in [1.165, 1.54) is 21.4 Å². The van der Waals surface area contributed by atoms with Crippen LogP contribution in [0.3, 0.4) is 0 Å². The summed E-state index contributed by atoms with van der Waals surface area (Å²) in [7, 11) is 0. The SMILES string of the molecule is Oc1c(C(c2ccccc2Cl)N2CCC(Cc3ccccc3)CC2)sc2nc(-c3ccco3)nn12. The van der Waals surface area contributed by atoms with Crippen LogP contribution in [0.4, 0.5) is 0 Å². The number of benzene rings is 2. The number of aromatic nitrogens is 3. The molecule has 3 aromatic heterocycles. The molecule has 0 spiro atoms. The van der Waals surface area contributed by atoms with Gasteiger partial charge in [-0.3, -0.25) is 4.90 Å². The molecule has 6 nitrogen and oxygen atoms in total. The predicted octanol–water partition coefficient (Wildman–Crippen LogP) is 6.45. The van der Waals surface area contributed by atoms with Crippen molar-refractivity contribution in [2.45, 2.75) is 25.3 Å². The lowest BCUT2D eigenvalue weighted by atomic mass is 9.89. The van der Waals surface area contributed by atoms with Crippen molar-refractivity contribution >= 4 is 27.9 Å². The lowest BCUT2D eigenvalue weighted by Gasteiger charge is -2.37. The van der Waals surface area contributed by atoms with Crippen LogP contribution in [-0.2, 0) is 6.42 Å². The quantitative estimate of drug-likeness (QED) is 0.287. The molecule has 5 aromatic rings. The van der Waals surface area contributed by atoms with Gasteiger partial charge < -0.3 is 9.52 Å². The number of nitrogens with zero attached hydrogens (tertiary/aromatic N) is 4. The number of hydrogen-bond donors (Lipinski definition) is 1. The molecule has 2 aromatic carbocycles. The summed E-state index contributed by atoms with van der Waals surface area (Å²) in [6.45, 7) is 1.86. The summed E-state index contributed by atoms with van der Waals surface area (Å²) in [4.78, 5) is 8.47. The molecule has 1 saturated heterocycles. The Morgan fingerprint density at radius 3 is 2.51 bits per heavy atom. The van der Waals surface area contributed by atoms with Crippen molar-refractivity contribution in [1.29, 1.82) is 0 Å². The van der Waals surface area contributed by atoms with Crippen molar-refractivity contribution in [1.82, 2.24) is 19.5 Å². The Labute approximate surface area is 212 Å². The van der Waals surface area contributed by atoms with Crippen molar-refractivity contribution in [2.24, 2.45) is 5.92 Å². The highest BCUT2D eigenvalue weighted by Crippen LogP contribution is 2.43. The number of rotatable bonds is 6. The van der Waals surface area contributed by atoms with E-state index >= 15 is 0 Å². The second-order valence-electron chi connectivity index (χ2n) is 8.99. The van der Waals surface area contributed by atoms with Crippen LogP contribution in [0, 0.1) is 5.92 Å². The molecule has 178 valence electrons. The van der Waals surface area contributed by atoms with E-state index in [1.807, 2.05) is 30.3 Å². The zero-order valence-corrected chi connectivity index (χ0v) is 20.6. The minimum Gasteiger partial charge on any atom is -0.492 e. The topological polar surface area (TPSA) is 66.8 Å². The summed E-state index contributed by atoms with van der Waals surface area (Å²) in [5.74, 6) is 1.78. The van der Waals surface area contributed by atoms with Crippen molar-refractivity contribution in [3.05, 3.63) is 94.0 Å². The van der Waals surface area contributed by atoms with Gasteiger partial charge in [0.2, 0.25) is 16.7 Å². The summed E-state index contributed by atoms with van der Waals surface area (Å²) >= 11 is 8.14. The van der Waals surface area contributed by atoms with Gasteiger partial charge in [0.25, 0.3) is 0 Å². The molecule has 6 rings (SSSR count). The molecule has 1 unspecified atom stereocenters. The van der Waals surface area contributed by atoms with Crippen molar-refractivity contribution in [3.8, 4) is 17.5 Å². The van der Waals surface area contributed by atoms with Crippen LogP contribution >= 0.6 is 22.9 Å². The average molecular weight is 505 g/mol. The summed E-state index contributed by atoms with van der Waals surface area (Å²) < 4.78 is 6.93. The molecule has 0 aliphatic carbocycles. The van der Waals surface area contributed by atoms with Crippen LogP contribution in [0.15, 0.2) is 77.4 Å². The predicted molar refractivity (Wildman–Crippen MR) is 138 cm³/mol. The highest BCUT2D eigenvalue weighted by Gasteiger charge is 2.33. The van der Waals surface area contributed by atoms with E-state index < -0.39 is 0 Å². The van der Waals surface area contributed by atoms with Crippen LogP contribution in [0.25, 0.3) is 16.5 Å². The summed E-state index contributed by atoms with van der Waals surface area (Å²) in [5.41, 5.74) is 2.38. The number of hydrogen-bond acceptors (Lipinski definition) is 6. The van der Waals surface area contributed by atoms with E-state index in [2.05, 4.69) is 45.3 Å². The number of fused-ring (bicyclic) bond motifs is 1. The van der Waals surface area contributed by atoms with Gasteiger partial charge in [0, 0.05) is 5.02 Å². The maximum absolute atomic E-state index is 11.3. The largest absolute Gasteiger partial charge is 0.492 e. The normalized spacial score (nSPS) is 16.1. The Morgan fingerprint density at radius 1 is 1.03 bits per heavy atom. The second-order valence-corrected chi connectivity index (χ2v) is 10.4. The molecule has 1 aliphatic rings. The van der Waals surface area contributed by atoms with Crippen molar-refractivity contribution in [3.63, 3.8) is 0 Å². The van der Waals surface area contributed by atoms with Crippen molar-refractivity contribution in [2.75, 3.05) is 13.1 Å². The molecule has 8 heteroatoms. The highest BCUT2D eigenvalue weighted by molar-refractivity contribution is 7.17. The fourth-order valence-electron chi connectivity index (χ4n) is 5.00. The third-order valence-corrected chi connectivity index (χ3v) is 8.19. The minimum absolute atomic E-state index is 0.103. The summed E-state index contributed by atoms with van der Waals surface area (Å²) in [6, 6.07) is 22.0. The fraction of sp³-hybridized carbons (Fsp3) is 0.259. The van der Waals surface area contributed by atoms with E-state index in [-0.39, 0.29) is 11.9 Å². The first-order chi connectivity index (χ1) is 17.2. The first-order valence-corrected chi connectivity index (χ1v) is 13.0. The number of furan rings is 1. The summed E-state index contributed by atoms with van der Waals surface area (Å²) in [5, 5.41) is 16.5. The van der Waals surface area contributed by atoms with Crippen LogP contribution in [0.1, 0.15) is 34.9 Å². The Bertz CT molecular complexity index is 1420. The van der Waals surface area contributed by atoms with Gasteiger partial charge in [0.15, 0.2) is 5.76 Å². The first-order valence-electron chi connectivity index (χ1n) is 11.8. The standard InChI is InChI=1S/C27H25ClN4O2S/c28-21-10-5-4-9-20(21)23(31-14-12-19(13-15-31)17-18-7-2-1-3-8-18)24-26(33)32-27(35-24)29-25(30-32)22-11-6-16-34-22/h1-11,16,19,23,33H,12-15,17H2. The maximum Gasteiger partial charge on any atom is 0.230 e. The molecular weight excluding hydrogens is 480 g/mol. The molecule has 1 atom stereocenters. The van der Waals surface area contributed by atoms with Gasteiger partial charge in [-0.25, -0.2) is 0 Å². The molecule has 0 saturated carbocycles. The Hall–Kier alpha value is -3.13. The third kappa shape index (κ3) is 4.35.